The van der Waals surface area contributed by atoms with Crippen molar-refractivity contribution in [2.45, 2.75) is 0 Å². The number of hydrogen-bond acceptors (Lipinski definition) is 1. The van der Waals surface area contributed by atoms with E-state index in [9.17, 15) is 0 Å². The van der Waals surface area contributed by atoms with Gasteiger partial charge in [-0.25, -0.2) is 0 Å². The van der Waals surface area contributed by atoms with Gasteiger partial charge in [0.2, 0.25) is 0 Å². The van der Waals surface area contributed by atoms with E-state index in [-0.39, 0.29) is 0 Å². The van der Waals surface area contributed by atoms with E-state index in [4.69, 9.17) is 0 Å². The minimum Gasteiger partial charge on any atom is -0.311 e. The molecule has 0 saturated heterocycles. The molecule has 0 spiro atoms. The van der Waals surface area contributed by atoms with Gasteiger partial charge in [0.1, 0.15) is 0 Å². The molecule has 2 nitrogen and oxygen atoms in total. The lowest BCUT2D eigenvalue weighted by molar-refractivity contribution is 1.18. The predicted octanol–water partition coefficient (Wildman–Crippen LogP) is 9.63. The summed E-state index contributed by atoms with van der Waals surface area (Å²) in [6, 6.07) is 79.8. The summed E-state index contributed by atoms with van der Waals surface area (Å²) in [5, 5.41) is 7.94. The average Bonchev–Trinajstić information content (AvgIpc) is 3.56. The monoisotopic (exact) mass is 668 g/mol. The zero-order chi connectivity index (χ0) is 34.0. The number of hydrogen-bond donors (Lipinski definition) is 0. The molecule has 0 bridgehead atoms. The first kappa shape index (κ1) is 30.6. The maximum atomic E-state index is 2.49. The third kappa shape index (κ3) is 5.18. The highest BCUT2D eigenvalue weighted by Crippen LogP contribution is 2.35. The van der Waals surface area contributed by atoms with E-state index < -0.39 is 8.07 Å². The van der Waals surface area contributed by atoms with E-state index >= 15 is 0 Å². The Hall–Kier alpha value is -6.42. The van der Waals surface area contributed by atoms with E-state index in [0.717, 1.165) is 22.7 Å². The van der Waals surface area contributed by atoms with E-state index in [1.54, 1.807) is 0 Å². The third-order valence-electron chi connectivity index (χ3n) is 10.1. The first-order valence-corrected chi connectivity index (χ1v) is 19.5. The minimum absolute atomic E-state index is 1.12. The summed E-state index contributed by atoms with van der Waals surface area (Å²) in [5.74, 6) is 0. The van der Waals surface area contributed by atoms with Gasteiger partial charge in [-0.15, -0.1) is 0 Å². The second-order valence-electron chi connectivity index (χ2n) is 12.9. The predicted molar refractivity (Wildman–Crippen MR) is 219 cm³/mol. The number of rotatable bonds is 8. The van der Waals surface area contributed by atoms with Gasteiger partial charge >= 0.3 is 0 Å². The standard InChI is InChI=1S/C48H36N2Si/c1-6-19-37(20-7-1)49(38-21-8-2-9-22-38)40-33-35-43(36-34-40)51(41-25-12-4-13-26-41,42-27-14-5-15-28-42)47-32-18-30-45-44-29-16-17-31-46(44)50(48(45)47)39-23-10-3-11-24-39/h1-36H. The maximum Gasteiger partial charge on any atom is 0.181 e. The number of benzene rings is 8. The molecule has 1 aromatic heterocycles. The van der Waals surface area contributed by atoms with Crippen LogP contribution in [-0.2, 0) is 0 Å². The molecule has 1 heterocycles. The molecule has 51 heavy (non-hydrogen) atoms. The van der Waals surface area contributed by atoms with Gasteiger partial charge < -0.3 is 9.47 Å². The van der Waals surface area contributed by atoms with Crippen LogP contribution in [0.5, 0.6) is 0 Å². The van der Waals surface area contributed by atoms with Crippen LogP contribution in [0.25, 0.3) is 27.5 Å². The molecule has 0 N–H and O–H groups in total. The van der Waals surface area contributed by atoms with Crippen molar-refractivity contribution in [3.63, 3.8) is 0 Å². The quantitative estimate of drug-likeness (QED) is 0.116. The van der Waals surface area contributed by atoms with Crippen LogP contribution < -0.4 is 25.6 Å². The van der Waals surface area contributed by atoms with Crippen molar-refractivity contribution >= 4 is 67.7 Å². The fraction of sp³-hybridized carbons (Fsp3) is 0. The molecule has 0 saturated carbocycles. The van der Waals surface area contributed by atoms with Gasteiger partial charge in [0.05, 0.1) is 11.0 Å². The summed E-state index contributed by atoms with van der Waals surface area (Å²) in [6.07, 6.45) is 0. The van der Waals surface area contributed by atoms with Crippen molar-refractivity contribution in [3.8, 4) is 5.69 Å². The number of para-hydroxylation sites is 5. The Labute approximate surface area is 300 Å². The molecule has 0 atom stereocenters. The van der Waals surface area contributed by atoms with Crippen LogP contribution in [0.15, 0.2) is 218 Å². The minimum atomic E-state index is -2.95. The van der Waals surface area contributed by atoms with Gasteiger partial charge in [-0.05, 0) is 75.3 Å². The molecule has 0 unspecified atom stereocenters. The van der Waals surface area contributed by atoms with Crippen molar-refractivity contribution in [1.29, 1.82) is 0 Å². The molecule has 9 aromatic rings. The van der Waals surface area contributed by atoms with Gasteiger partial charge in [-0.1, -0.05) is 164 Å². The number of fused-ring (bicyclic) bond motifs is 3. The fourth-order valence-electron chi connectivity index (χ4n) is 7.97. The molecule has 0 aliphatic rings. The zero-order valence-electron chi connectivity index (χ0n) is 28.2. The molecule has 8 aromatic carbocycles. The summed E-state index contributed by atoms with van der Waals surface area (Å²) in [5.41, 5.74) is 7.02. The second kappa shape index (κ2) is 13.1. The van der Waals surface area contributed by atoms with Crippen LogP contribution in [0, 0.1) is 0 Å². The number of anilines is 3. The molecule has 3 heteroatoms. The van der Waals surface area contributed by atoms with Crippen LogP contribution in [0.3, 0.4) is 0 Å². The summed E-state index contributed by atoms with van der Waals surface area (Å²) < 4.78 is 2.49. The van der Waals surface area contributed by atoms with Crippen LogP contribution in [-0.4, -0.2) is 12.6 Å². The van der Waals surface area contributed by atoms with Gasteiger partial charge in [0.15, 0.2) is 8.07 Å². The van der Waals surface area contributed by atoms with Gasteiger partial charge in [-0.3, -0.25) is 0 Å². The molecular weight excluding hydrogens is 633 g/mol. The van der Waals surface area contributed by atoms with Crippen LogP contribution in [0.2, 0.25) is 0 Å². The van der Waals surface area contributed by atoms with Crippen molar-refractivity contribution in [2.75, 3.05) is 4.90 Å². The van der Waals surface area contributed by atoms with E-state index in [0.29, 0.717) is 0 Å². The van der Waals surface area contributed by atoms with Gasteiger partial charge in [0.25, 0.3) is 0 Å². The number of aromatic nitrogens is 1. The van der Waals surface area contributed by atoms with E-state index in [1.807, 2.05) is 0 Å². The Morgan fingerprint density at radius 3 is 1.33 bits per heavy atom. The Morgan fingerprint density at radius 2 is 0.765 bits per heavy atom. The lowest BCUT2D eigenvalue weighted by Gasteiger charge is -2.36. The summed E-state index contributed by atoms with van der Waals surface area (Å²) in [4.78, 5) is 2.34. The molecule has 9 rings (SSSR count). The second-order valence-corrected chi connectivity index (χ2v) is 16.7. The Kier molecular flexibility index (Phi) is 7.88. The van der Waals surface area contributed by atoms with E-state index in [2.05, 4.69) is 228 Å². The highest BCUT2D eigenvalue weighted by atomic mass is 28.3. The Balaban J connectivity index is 1.37. The summed E-state index contributed by atoms with van der Waals surface area (Å²) >= 11 is 0. The Bertz CT molecular complexity index is 2470. The summed E-state index contributed by atoms with van der Waals surface area (Å²) in [6.45, 7) is 0. The molecular formula is C48H36N2Si. The average molecular weight is 669 g/mol. The fourth-order valence-corrected chi connectivity index (χ4v) is 12.9. The van der Waals surface area contributed by atoms with E-state index in [1.165, 1.54) is 42.6 Å². The highest BCUT2D eigenvalue weighted by Gasteiger charge is 2.43. The topological polar surface area (TPSA) is 8.17 Å². The molecule has 0 aliphatic heterocycles. The molecule has 0 aliphatic carbocycles. The lowest BCUT2D eigenvalue weighted by atomic mass is 10.1. The SMILES string of the molecule is c1ccc(N(c2ccccc2)c2ccc([Si](c3ccccc3)(c3ccccc3)c3cccc4c5ccccc5n(-c5ccccc5)c34)cc2)cc1. The Morgan fingerprint density at radius 1 is 0.333 bits per heavy atom. The highest BCUT2D eigenvalue weighted by molar-refractivity contribution is 7.20. The van der Waals surface area contributed by atoms with Crippen molar-refractivity contribution in [1.82, 2.24) is 4.57 Å². The maximum absolute atomic E-state index is 2.95. The largest absolute Gasteiger partial charge is 0.311 e. The van der Waals surface area contributed by atoms with Crippen LogP contribution in [0.1, 0.15) is 0 Å². The zero-order valence-corrected chi connectivity index (χ0v) is 29.2. The first-order valence-electron chi connectivity index (χ1n) is 17.5. The molecule has 0 amide bonds. The molecule has 242 valence electrons. The normalized spacial score (nSPS) is 11.5. The molecule has 0 radical (unpaired) electrons. The first-order chi connectivity index (χ1) is 25.3. The van der Waals surface area contributed by atoms with Crippen LogP contribution in [0.4, 0.5) is 17.1 Å². The van der Waals surface area contributed by atoms with Gasteiger partial charge in [-0.2, -0.15) is 0 Å². The van der Waals surface area contributed by atoms with Gasteiger partial charge in [0, 0.05) is 33.5 Å². The summed E-state index contributed by atoms with van der Waals surface area (Å²) in [7, 11) is -2.95. The number of nitrogens with zero attached hydrogens (tertiary/aromatic N) is 2. The molecule has 0 fully saturated rings. The van der Waals surface area contributed by atoms with Crippen LogP contribution >= 0.6 is 0 Å². The smallest absolute Gasteiger partial charge is 0.181 e. The lowest BCUT2D eigenvalue weighted by Crippen LogP contribution is -2.75. The van der Waals surface area contributed by atoms with Crippen molar-refractivity contribution < 1.29 is 0 Å². The third-order valence-corrected chi connectivity index (χ3v) is 14.9. The van der Waals surface area contributed by atoms with Crippen molar-refractivity contribution in [3.05, 3.63) is 218 Å². The van der Waals surface area contributed by atoms with Crippen molar-refractivity contribution in [2.24, 2.45) is 0 Å².